The number of sulfonamides is 1. The predicted octanol–water partition coefficient (Wildman–Crippen LogP) is 3.24. The number of hydrogen-bond acceptors (Lipinski definition) is 4. The molecular formula is C19H24ClN3O3S. The molecule has 2 aromatic rings. The lowest BCUT2D eigenvalue weighted by Gasteiger charge is -2.14. The smallest absolute Gasteiger partial charge is 0.261 e. The van der Waals surface area contributed by atoms with Crippen LogP contribution in [-0.2, 0) is 14.8 Å². The van der Waals surface area contributed by atoms with Crippen molar-refractivity contribution < 1.29 is 13.2 Å². The number of carbonyl (C=O) groups excluding carboxylic acids is 1. The number of carbonyl (C=O) groups is 1. The van der Waals surface area contributed by atoms with E-state index >= 15 is 0 Å². The number of benzene rings is 2. The first-order valence-electron chi connectivity index (χ1n) is 8.72. The van der Waals surface area contributed by atoms with Gasteiger partial charge in [0.2, 0.25) is 5.91 Å². The number of para-hydroxylation sites is 2. The van der Waals surface area contributed by atoms with Crippen LogP contribution in [0.4, 0.5) is 11.4 Å². The minimum absolute atomic E-state index is 0. The van der Waals surface area contributed by atoms with Gasteiger partial charge < -0.3 is 10.6 Å². The fourth-order valence-electron chi connectivity index (χ4n) is 2.99. The summed E-state index contributed by atoms with van der Waals surface area (Å²) in [6, 6.07) is 15.0. The second kappa shape index (κ2) is 9.73. The summed E-state index contributed by atoms with van der Waals surface area (Å²) < 4.78 is 27.6. The van der Waals surface area contributed by atoms with Crippen LogP contribution >= 0.6 is 12.4 Å². The lowest BCUT2D eigenvalue weighted by Crippen LogP contribution is -2.18. The zero-order valence-corrected chi connectivity index (χ0v) is 16.5. The highest BCUT2D eigenvalue weighted by Crippen LogP contribution is 2.25. The second-order valence-corrected chi connectivity index (χ2v) is 8.09. The van der Waals surface area contributed by atoms with Gasteiger partial charge in [0.1, 0.15) is 0 Å². The van der Waals surface area contributed by atoms with Crippen molar-refractivity contribution in [2.45, 2.75) is 24.2 Å². The molecule has 3 N–H and O–H groups in total. The van der Waals surface area contributed by atoms with Gasteiger partial charge in [-0.15, -0.1) is 12.4 Å². The Labute approximate surface area is 166 Å². The van der Waals surface area contributed by atoms with Gasteiger partial charge in [-0.2, -0.15) is 0 Å². The minimum atomic E-state index is -3.71. The van der Waals surface area contributed by atoms with Crippen molar-refractivity contribution in [1.29, 1.82) is 0 Å². The Morgan fingerprint density at radius 1 is 1.04 bits per heavy atom. The third-order valence-electron chi connectivity index (χ3n) is 4.44. The Morgan fingerprint density at radius 3 is 2.37 bits per heavy atom. The molecule has 0 spiro atoms. The molecule has 1 heterocycles. The van der Waals surface area contributed by atoms with Gasteiger partial charge in [0.25, 0.3) is 10.0 Å². The van der Waals surface area contributed by atoms with Crippen molar-refractivity contribution >= 4 is 39.7 Å². The normalized spacial score (nSPS) is 16.4. The standard InChI is InChI=1S/C19H23N3O3S.ClH/c23-19(11-10-15-12-13-20-14-15)21-17-8-4-5-9-18(17)22-26(24,25)16-6-2-1-3-7-16;/h1-9,15,20,22H,10-14H2,(H,21,23);1H. The molecule has 1 atom stereocenters. The highest BCUT2D eigenvalue weighted by molar-refractivity contribution is 7.92. The van der Waals surface area contributed by atoms with Gasteiger partial charge >= 0.3 is 0 Å². The van der Waals surface area contributed by atoms with E-state index in [9.17, 15) is 13.2 Å². The van der Waals surface area contributed by atoms with Crippen molar-refractivity contribution in [1.82, 2.24) is 5.32 Å². The lowest BCUT2D eigenvalue weighted by atomic mass is 10.0. The van der Waals surface area contributed by atoms with E-state index in [0.29, 0.717) is 23.7 Å². The van der Waals surface area contributed by atoms with Gasteiger partial charge in [0.05, 0.1) is 16.3 Å². The topological polar surface area (TPSA) is 87.3 Å². The first-order valence-corrected chi connectivity index (χ1v) is 10.2. The largest absolute Gasteiger partial charge is 0.324 e. The Bertz CT molecular complexity index is 854. The number of anilines is 2. The Hall–Kier alpha value is -2.09. The van der Waals surface area contributed by atoms with Gasteiger partial charge in [0.15, 0.2) is 0 Å². The highest BCUT2D eigenvalue weighted by atomic mass is 35.5. The fourth-order valence-corrected chi connectivity index (χ4v) is 4.09. The molecule has 146 valence electrons. The molecular weight excluding hydrogens is 386 g/mol. The number of nitrogens with one attached hydrogen (secondary N) is 3. The SMILES string of the molecule is Cl.O=C(CCC1CCNC1)Nc1ccccc1NS(=O)(=O)c1ccccc1. The van der Waals surface area contributed by atoms with Crippen molar-refractivity contribution in [3.8, 4) is 0 Å². The average Bonchev–Trinajstić information content (AvgIpc) is 3.16. The number of hydrogen-bond donors (Lipinski definition) is 3. The lowest BCUT2D eigenvalue weighted by molar-refractivity contribution is -0.116. The van der Waals surface area contributed by atoms with Crippen LogP contribution < -0.4 is 15.4 Å². The van der Waals surface area contributed by atoms with Gasteiger partial charge in [-0.05, 0) is 56.1 Å². The van der Waals surface area contributed by atoms with Gasteiger partial charge in [0, 0.05) is 6.42 Å². The van der Waals surface area contributed by atoms with Crippen LogP contribution in [0.5, 0.6) is 0 Å². The van der Waals surface area contributed by atoms with E-state index in [1.165, 1.54) is 12.1 Å². The predicted molar refractivity (Wildman–Crippen MR) is 110 cm³/mol. The summed E-state index contributed by atoms with van der Waals surface area (Å²) in [6.45, 7) is 1.97. The van der Waals surface area contributed by atoms with Crippen molar-refractivity contribution in [3.63, 3.8) is 0 Å². The van der Waals surface area contributed by atoms with E-state index < -0.39 is 10.0 Å². The van der Waals surface area contributed by atoms with E-state index in [-0.39, 0.29) is 23.2 Å². The number of halogens is 1. The molecule has 1 unspecified atom stereocenters. The molecule has 0 bridgehead atoms. The molecule has 0 radical (unpaired) electrons. The van der Waals surface area contributed by atoms with Crippen LogP contribution in [0.2, 0.25) is 0 Å². The van der Waals surface area contributed by atoms with Gasteiger partial charge in [-0.25, -0.2) is 8.42 Å². The van der Waals surface area contributed by atoms with E-state index in [1.807, 2.05) is 0 Å². The van der Waals surface area contributed by atoms with E-state index in [4.69, 9.17) is 0 Å². The average molecular weight is 410 g/mol. The van der Waals surface area contributed by atoms with Crippen LogP contribution in [0.15, 0.2) is 59.5 Å². The zero-order chi connectivity index (χ0) is 18.4. The maximum Gasteiger partial charge on any atom is 0.261 e. The molecule has 0 saturated carbocycles. The number of amides is 1. The molecule has 0 aromatic heterocycles. The van der Waals surface area contributed by atoms with Crippen LogP contribution in [-0.4, -0.2) is 27.4 Å². The molecule has 1 saturated heterocycles. The van der Waals surface area contributed by atoms with Crippen LogP contribution in [0.25, 0.3) is 0 Å². The molecule has 2 aromatic carbocycles. The molecule has 6 nitrogen and oxygen atoms in total. The summed E-state index contributed by atoms with van der Waals surface area (Å²) in [5.41, 5.74) is 0.814. The molecule has 27 heavy (non-hydrogen) atoms. The van der Waals surface area contributed by atoms with Crippen LogP contribution in [0.3, 0.4) is 0 Å². The minimum Gasteiger partial charge on any atom is -0.324 e. The van der Waals surface area contributed by atoms with Crippen molar-refractivity contribution in [2.75, 3.05) is 23.1 Å². The molecule has 1 aliphatic heterocycles. The summed E-state index contributed by atoms with van der Waals surface area (Å²) >= 11 is 0. The van der Waals surface area contributed by atoms with E-state index in [2.05, 4.69) is 15.4 Å². The summed E-state index contributed by atoms with van der Waals surface area (Å²) in [7, 11) is -3.71. The Morgan fingerprint density at radius 2 is 1.70 bits per heavy atom. The third-order valence-corrected chi connectivity index (χ3v) is 5.82. The summed E-state index contributed by atoms with van der Waals surface area (Å²) in [4.78, 5) is 12.4. The van der Waals surface area contributed by atoms with Crippen LogP contribution in [0.1, 0.15) is 19.3 Å². The molecule has 8 heteroatoms. The van der Waals surface area contributed by atoms with E-state index in [1.54, 1.807) is 42.5 Å². The van der Waals surface area contributed by atoms with Crippen molar-refractivity contribution in [3.05, 3.63) is 54.6 Å². The van der Waals surface area contributed by atoms with Crippen LogP contribution in [0, 0.1) is 5.92 Å². The molecule has 1 fully saturated rings. The molecule has 3 rings (SSSR count). The van der Waals surface area contributed by atoms with Crippen molar-refractivity contribution in [2.24, 2.45) is 5.92 Å². The fraction of sp³-hybridized carbons (Fsp3) is 0.316. The first-order chi connectivity index (χ1) is 12.5. The monoisotopic (exact) mass is 409 g/mol. The quantitative estimate of drug-likeness (QED) is 0.655. The summed E-state index contributed by atoms with van der Waals surface area (Å²) in [5.74, 6) is 0.427. The first kappa shape index (κ1) is 21.2. The summed E-state index contributed by atoms with van der Waals surface area (Å²) in [6.07, 6.45) is 2.35. The summed E-state index contributed by atoms with van der Waals surface area (Å²) in [5, 5.41) is 6.11. The zero-order valence-electron chi connectivity index (χ0n) is 14.9. The van der Waals surface area contributed by atoms with E-state index in [0.717, 1.165) is 25.9 Å². The van der Waals surface area contributed by atoms with Gasteiger partial charge in [-0.3, -0.25) is 9.52 Å². The second-order valence-electron chi connectivity index (χ2n) is 6.41. The highest BCUT2D eigenvalue weighted by Gasteiger charge is 2.18. The van der Waals surface area contributed by atoms with Gasteiger partial charge in [-0.1, -0.05) is 30.3 Å². The Kier molecular flexibility index (Phi) is 7.65. The maximum absolute atomic E-state index is 12.5. The number of rotatable bonds is 7. The maximum atomic E-state index is 12.5. The third kappa shape index (κ3) is 5.95. The molecule has 1 aliphatic rings. The molecule has 1 amide bonds. The Balaban J connectivity index is 0.00000261. The molecule has 0 aliphatic carbocycles.